The van der Waals surface area contributed by atoms with E-state index in [2.05, 4.69) is 0 Å². The topological polar surface area (TPSA) is 89.8 Å². The van der Waals surface area contributed by atoms with Crippen LogP contribution in [0.25, 0.3) is 0 Å². The van der Waals surface area contributed by atoms with Crippen LogP contribution >= 0.6 is 0 Å². The van der Waals surface area contributed by atoms with Gasteiger partial charge in [0, 0.05) is 11.8 Å². The van der Waals surface area contributed by atoms with Crippen molar-refractivity contribution < 1.29 is 23.6 Å². The second kappa shape index (κ2) is 5.98. The Hall–Kier alpha value is -3.03. The first-order valence-corrected chi connectivity index (χ1v) is 9.03. The smallest absolute Gasteiger partial charge is 0.271 e. The van der Waals surface area contributed by atoms with E-state index in [9.17, 15) is 24.1 Å². The molecule has 1 aromatic carbocycles. The molecule has 0 aromatic heterocycles. The molecule has 0 N–H and O–H groups in total. The van der Waals surface area contributed by atoms with Crippen LogP contribution in [0.4, 0.5) is 10.1 Å². The lowest BCUT2D eigenvalue weighted by molar-refractivity contribution is -0.420. The molecule has 2 aliphatic carbocycles. The highest BCUT2D eigenvalue weighted by Crippen LogP contribution is 2.55. The zero-order chi connectivity index (χ0) is 20.3. The number of halogens is 1. The van der Waals surface area contributed by atoms with Crippen molar-refractivity contribution in [2.24, 2.45) is 11.3 Å². The Balaban J connectivity index is 1.94. The quantitative estimate of drug-likeness (QED) is 0.451. The number of hydrogen-bond donors (Lipinski definition) is 0. The highest BCUT2D eigenvalue weighted by atomic mass is 19.1. The van der Waals surface area contributed by atoms with Crippen molar-refractivity contribution in [2.45, 2.75) is 38.3 Å². The molecule has 2 fully saturated rings. The number of ether oxygens (including phenoxy) is 1. The fourth-order valence-electron chi connectivity index (χ4n) is 4.12. The number of nitro groups is 1. The molecule has 8 heteroatoms. The van der Waals surface area contributed by atoms with Gasteiger partial charge in [0.1, 0.15) is 23.9 Å². The predicted molar refractivity (Wildman–Crippen MR) is 97.2 cm³/mol. The summed E-state index contributed by atoms with van der Waals surface area (Å²) in [5, 5.41) is 11.5. The van der Waals surface area contributed by atoms with Crippen LogP contribution in [0.5, 0.6) is 0 Å². The second-order valence-electron chi connectivity index (χ2n) is 7.93. The lowest BCUT2D eigenvalue weighted by Gasteiger charge is -2.50. The largest absolute Gasteiger partial charge is 0.480 e. The van der Waals surface area contributed by atoms with Crippen molar-refractivity contribution in [1.82, 2.24) is 0 Å². The zero-order valence-electron chi connectivity index (χ0n) is 15.4. The van der Waals surface area contributed by atoms with Crippen molar-refractivity contribution in [3.63, 3.8) is 0 Å². The minimum absolute atomic E-state index is 0.130. The van der Waals surface area contributed by atoms with Crippen LogP contribution < -0.4 is 4.90 Å². The fourth-order valence-corrected chi connectivity index (χ4v) is 4.12. The summed E-state index contributed by atoms with van der Waals surface area (Å²) in [6.07, 6.45) is 4.76. The highest BCUT2D eigenvalue weighted by molar-refractivity contribution is 6.02. The van der Waals surface area contributed by atoms with Gasteiger partial charge in [-0.25, -0.2) is 4.39 Å². The van der Waals surface area contributed by atoms with Crippen molar-refractivity contribution in [1.29, 1.82) is 0 Å². The number of hydrogen-bond acceptors (Lipinski definition) is 5. The Labute approximate surface area is 160 Å². The molecule has 1 saturated heterocycles. The van der Waals surface area contributed by atoms with Gasteiger partial charge in [0.2, 0.25) is 0 Å². The number of carbonyl (C=O) groups is 2. The van der Waals surface area contributed by atoms with Gasteiger partial charge in [0.05, 0.1) is 16.4 Å². The Morgan fingerprint density at radius 1 is 1.29 bits per heavy atom. The molecule has 2 atom stereocenters. The van der Waals surface area contributed by atoms with Gasteiger partial charge in [-0.2, -0.15) is 0 Å². The molecule has 2 unspecified atom stereocenters. The van der Waals surface area contributed by atoms with Gasteiger partial charge in [0.25, 0.3) is 11.6 Å². The van der Waals surface area contributed by atoms with Crippen molar-refractivity contribution in [2.75, 3.05) is 4.90 Å². The molecule has 1 aliphatic heterocycles. The van der Waals surface area contributed by atoms with Crippen LogP contribution in [0.2, 0.25) is 0 Å². The second-order valence-corrected chi connectivity index (χ2v) is 7.93. The number of benzene rings is 1. The van der Waals surface area contributed by atoms with Gasteiger partial charge in [-0.15, -0.1) is 0 Å². The molecule has 0 spiro atoms. The van der Waals surface area contributed by atoms with Crippen molar-refractivity contribution in [3.05, 3.63) is 63.8 Å². The molecule has 1 amide bonds. The van der Waals surface area contributed by atoms with Crippen LogP contribution in [0.1, 0.15) is 26.7 Å². The summed E-state index contributed by atoms with van der Waals surface area (Å²) in [5.41, 5.74) is -2.39. The Kier molecular flexibility index (Phi) is 3.92. The molecule has 4 rings (SSSR count). The maximum absolute atomic E-state index is 13.5. The van der Waals surface area contributed by atoms with Gasteiger partial charge in [-0.1, -0.05) is 0 Å². The van der Waals surface area contributed by atoms with Crippen LogP contribution in [0.15, 0.2) is 47.9 Å². The lowest BCUT2D eigenvalue weighted by atomic mass is 9.70. The maximum atomic E-state index is 13.5. The average molecular weight is 386 g/mol. The van der Waals surface area contributed by atoms with E-state index in [-0.39, 0.29) is 17.4 Å². The normalized spacial score (nSPS) is 28.6. The third kappa shape index (κ3) is 2.63. The van der Waals surface area contributed by atoms with Crippen LogP contribution in [-0.4, -0.2) is 28.8 Å². The summed E-state index contributed by atoms with van der Waals surface area (Å²) < 4.78 is 19.3. The van der Waals surface area contributed by atoms with Gasteiger partial charge < -0.3 is 9.53 Å². The van der Waals surface area contributed by atoms with E-state index in [1.807, 2.05) is 0 Å². The summed E-state index contributed by atoms with van der Waals surface area (Å²) >= 11 is 0. The Morgan fingerprint density at radius 2 is 1.93 bits per heavy atom. The van der Waals surface area contributed by atoms with E-state index in [0.717, 1.165) is 12.8 Å². The molecule has 0 bridgehead atoms. The van der Waals surface area contributed by atoms with Gasteiger partial charge in [-0.05, 0) is 56.9 Å². The first-order valence-electron chi connectivity index (χ1n) is 9.03. The Morgan fingerprint density at radius 3 is 2.46 bits per heavy atom. The number of rotatable bonds is 4. The lowest BCUT2D eigenvalue weighted by Crippen LogP contribution is -2.64. The molecular weight excluding hydrogens is 367 g/mol. The number of fused-ring (bicyclic) bond motifs is 1. The number of anilines is 1. The van der Waals surface area contributed by atoms with E-state index in [1.54, 1.807) is 13.8 Å². The molecule has 1 aromatic rings. The number of amides is 1. The zero-order valence-corrected chi connectivity index (χ0v) is 15.4. The third-order valence-electron chi connectivity index (χ3n) is 5.60. The summed E-state index contributed by atoms with van der Waals surface area (Å²) in [7, 11) is 0. The van der Waals surface area contributed by atoms with Crippen molar-refractivity contribution in [3.8, 4) is 0 Å². The summed E-state index contributed by atoms with van der Waals surface area (Å²) in [6, 6.07) is 4.53. The monoisotopic (exact) mass is 386 g/mol. The highest BCUT2D eigenvalue weighted by Gasteiger charge is 2.61. The molecule has 3 aliphatic rings. The first kappa shape index (κ1) is 18.3. The standard InChI is InChI=1S/C20H19FN2O5/c1-19(2)18(25)22(14-7-5-13(21)6-8-14)17-16(28-19)9-15(23(26)27)10-20(17,11-24)12-3-4-12/h5-12,17H,3-4H2,1-2H3. The summed E-state index contributed by atoms with van der Waals surface area (Å²) in [5.74, 6) is -0.787. The number of morpholine rings is 1. The molecule has 7 nitrogen and oxygen atoms in total. The minimum Gasteiger partial charge on any atom is -0.480 e. The van der Waals surface area contributed by atoms with Gasteiger partial charge in [-0.3, -0.25) is 19.8 Å². The van der Waals surface area contributed by atoms with E-state index in [1.165, 1.54) is 41.3 Å². The van der Waals surface area contributed by atoms with E-state index >= 15 is 0 Å². The van der Waals surface area contributed by atoms with Gasteiger partial charge in [0.15, 0.2) is 5.60 Å². The van der Waals surface area contributed by atoms with Crippen LogP contribution in [0.3, 0.4) is 0 Å². The molecule has 1 heterocycles. The molecule has 146 valence electrons. The van der Waals surface area contributed by atoms with Crippen LogP contribution in [-0.2, 0) is 14.3 Å². The number of aldehydes is 1. The predicted octanol–water partition coefficient (Wildman–Crippen LogP) is 2.99. The van der Waals surface area contributed by atoms with E-state index in [4.69, 9.17) is 4.74 Å². The molecule has 0 radical (unpaired) electrons. The fraction of sp³-hybridized carbons (Fsp3) is 0.400. The third-order valence-corrected chi connectivity index (χ3v) is 5.60. The molecule has 1 saturated carbocycles. The number of allylic oxidation sites excluding steroid dienone is 1. The van der Waals surface area contributed by atoms with Crippen molar-refractivity contribution >= 4 is 17.9 Å². The molecule has 28 heavy (non-hydrogen) atoms. The Bertz CT molecular complexity index is 932. The minimum atomic E-state index is -1.30. The average Bonchev–Trinajstić information content (AvgIpc) is 3.48. The van der Waals surface area contributed by atoms with Crippen LogP contribution in [0, 0.1) is 27.3 Å². The summed E-state index contributed by atoms with van der Waals surface area (Å²) in [6.45, 7) is 3.12. The van der Waals surface area contributed by atoms with E-state index in [0.29, 0.717) is 12.0 Å². The number of nitrogens with zero attached hydrogens (tertiary/aromatic N) is 2. The first-order chi connectivity index (χ1) is 13.2. The van der Waals surface area contributed by atoms with Gasteiger partial charge >= 0.3 is 0 Å². The summed E-state index contributed by atoms with van der Waals surface area (Å²) in [4.78, 5) is 38.0. The maximum Gasteiger partial charge on any atom is 0.271 e. The molecular formula is C20H19FN2O5. The number of carbonyl (C=O) groups excluding carboxylic acids is 2. The SMILES string of the molecule is CC1(C)OC2=CC([N+](=O)[O-])=CC(C=O)(C3CC3)C2N(c2ccc(F)cc2)C1=O. The van der Waals surface area contributed by atoms with E-state index < -0.39 is 33.7 Å².